The molecule has 1 heterocycles. The van der Waals surface area contributed by atoms with Crippen LogP contribution in [0.25, 0.3) is 0 Å². The fourth-order valence-electron chi connectivity index (χ4n) is 2.11. The van der Waals surface area contributed by atoms with E-state index in [0.29, 0.717) is 12.3 Å². The summed E-state index contributed by atoms with van der Waals surface area (Å²) in [4.78, 5) is 15.3. The molecule has 0 bridgehead atoms. The number of nitrogens with one attached hydrogen (secondary N) is 1. The van der Waals surface area contributed by atoms with E-state index in [9.17, 15) is 9.18 Å². The van der Waals surface area contributed by atoms with E-state index in [4.69, 9.17) is 0 Å². The molecule has 4 heteroatoms. The first-order valence-corrected chi connectivity index (χ1v) is 6.19. The highest BCUT2D eigenvalue weighted by Crippen LogP contribution is 2.26. The van der Waals surface area contributed by atoms with Crippen LogP contribution in [0.1, 0.15) is 40.5 Å². The molecule has 1 amide bonds. The Morgan fingerprint density at radius 1 is 1.44 bits per heavy atom. The highest BCUT2D eigenvalue weighted by Gasteiger charge is 2.17. The van der Waals surface area contributed by atoms with Crippen molar-refractivity contribution in [1.29, 1.82) is 0 Å². The Kier molecular flexibility index (Phi) is 4.82. The van der Waals surface area contributed by atoms with Gasteiger partial charge in [0.05, 0.1) is 0 Å². The predicted octanol–water partition coefficient (Wildman–Crippen LogP) is 3.62. The zero-order valence-electron chi connectivity index (χ0n) is 11.5. The van der Waals surface area contributed by atoms with Gasteiger partial charge < -0.3 is 5.32 Å². The molecule has 0 aliphatic rings. The van der Waals surface area contributed by atoms with E-state index in [0.717, 1.165) is 6.42 Å². The topological polar surface area (TPSA) is 42.0 Å². The lowest BCUT2D eigenvalue weighted by molar-refractivity contribution is -0.117. The summed E-state index contributed by atoms with van der Waals surface area (Å²) < 4.78 is 12.8. The maximum atomic E-state index is 12.8. The molecule has 0 fully saturated rings. The van der Waals surface area contributed by atoms with Gasteiger partial charge in [-0.2, -0.15) is 4.39 Å². The molecular weight excluding hydrogens is 231 g/mol. The van der Waals surface area contributed by atoms with Crippen molar-refractivity contribution in [3.05, 3.63) is 24.1 Å². The molecule has 1 unspecified atom stereocenters. The molecule has 1 atom stereocenters. The Bertz CT molecular complexity index is 413. The molecular formula is C14H21FN2O. The van der Waals surface area contributed by atoms with Gasteiger partial charge in [-0.1, -0.05) is 33.8 Å². The second-order valence-electron chi connectivity index (χ2n) is 5.97. The molecule has 1 rings (SSSR count). The van der Waals surface area contributed by atoms with Gasteiger partial charge in [0.25, 0.3) is 0 Å². The summed E-state index contributed by atoms with van der Waals surface area (Å²) in [5, 5.41) is 2.61. The average molecular weight is 252 g/mol. The zero-order valence-corrected chi connectivity index (χ0v) is 11.5. The van der Waals surface area contributed by atoms with Crippen LogP contribution in [0.2, 0.25) is 0 Å². The minimum atomic E-state index is -0.587. The molecule has 0 aromatic carbocycles. The smallest absolute Gasteiger partial charge is 0.225 e. The lowest BCUT2D eigenvalue weighted by atomic mass is 9.84. The van der Waals surface area contributed by atoms with Crippen LogP contribution in [-0.2, 0) is 4.79 Å². The third-order valence-electron chi connectivity index (χ3n) is 2.48. The van der Waals surface area contributed by atoms with Gasteiger partial charge in [0, 0.05) is 6.42 Å². The van der Waals surface area contributed by atoms with Gasteiger partial charge in [-0.15, -0.1) is 0 Å². The van der Waals surface area contributed by atoms with E-state index in [1.807, 2.05) is 6.92 Å². The van der Waals surface area contributed by atoms with Gasteiger partial charge in [0.15, 0.2) is 0 Å². The standard InChI is InChI=1S/C14H21FN2O/c1-10(9-14(2,3)4)8-13(18)17-12-7-5-6-11(15)16-12/h5-7,10H,8-9H2,1-4H3,(H,16,17,18). The third-order valence-corrected chi connectivity index (χ3v) is 2.48. The van der Waals surface area contributed by atoms with Crippen LogP contribution < -0.4 is 5.32 Å². The summed E-state index contributed by atoms with van der Waals surface area (Å²) in [7, 11) is 0. The Balaban J connectivity index is 2.47. The van der Waals surface area contributed by atoms with Crippen molar-refractivity contribution < 1.29 is 9.18 Å². The number of amides is 1. The summed E-state index contributed by atoms with van der Waals surface area (Å²) in [5.41, 5.74) is 0.205. The number of carbonyl (C=O) groups excluding carboxylic acids is 1. The quantitative estimate of drug-likeness (QED) is 0.831. The molecule has 0 spiro atoms. The number of anilines is 1. The summed E-state index contributed by atoms with van der Waals surface area (Å²) in [6.45, 7) is 8.49. The molecule has 1 aromatic rings. The second-order valence-corrected chi connectivity index (χ2v) is 5.97. The normalized spacial score (nSPS) is 13.2. The van der Waals surface area contributed by atoms with Crippen molar-refractivity contribution in [2.24, 2.45) is 11.3 Å². The van der Waals surface area contributed by atoms with Crippen LogP contribution in [0.5, 0.6) is 0 Å². The Labute approximate surface area is 108 Å². The van der Waals surface area contributed by atoms with Crippen LogP contribution in [0, 0.1) is 17.3 Å². The van der Waals surface area contributed by atoms with Gasteiger partial charge in [-0.25, -0.2) is 4.98 Å². The molecule has 0 aliphatic carbocycles. The molecule has 0 aliphatic heterocycles. The summed E-state index contributed by atoms with van der Waals surface area (Å²) in [5.74, 6) is -0.151. The van der Waals surface area contributed by atoms with Crippen molar-refractivity contribution in [2.45, 2.75) is 40.5 Å². The lowest BCUT2D eigenvalue weighted by Gasteiger charge is -2.22. The fraction of sp³-hybridized carbons (Fsp3) is 0.571. The molecule has 0 radical (unpaired) electrons. The predicted molar refractivity (Wildman–Crippen MR) is 70.7 cm³/mol. The van der Waals surface area contributed by atoms with E-state index in [2.05, 4.69) is 31.1 Å². The zero-order chi connectivity index (χ0) is 13.8. The van der Waals surface area contributed by atoms with E-state index in [-0.39, 0.29) is 17.1 Å². The van der Waals surface area contributed by atoms with Gasteiger partial charge in [-0.05, 0) is 29.9 Å². The lowest BCUT2D eigenvalue weighted by Crippen LogP contribution is -2.19. The van der Waals surface area contributed by atoms with Crippen molar-refractivity contribution in [3.63, 3.8) is 0 Å². The number of nitrogens with zero attached hydrogens (tertiary/aromatic N) is 1. The van der Waals surface area contributed by atoms with Gasteiger partial charge in [-0.3, -0.25) is 4.79 Å². The second kappa shape index (κ2) is 5.94. The van der Waals surface area contributed by atoms with Gasteiger partial charge >= 0.3 is 0 Å². The number of halogens is 1. The van der Waals surface area contributed by atoms with Crippen molar-refractivity contribution in [3.8, 4) is 0 Å². The minimum absolute atomic E-state index is 0.121. The molecule has 1 N–H and O–H groups in total. The van der Waals surface area contributed by atoms with Crippen molar-refractivity contribution in [2.75, 3.05) is 5.32 Å². The van der Waals surface area contributed by atoms with Gasteiger partial charge in [0.2, 0.25) is 11.9 Å². The van der Waals surface area contributed by atoms with E-state index in [1.54, 1.807) is 6.07 Å². The van der Waals surface area contributed by atoms with Crippen molar-refractivity contribution >= 4 is 11.7 Å². The fourth-order valence-corrected chi connectivity index (χ4v) is 2.11. The van der Waals surface area contributed by atoms with E-state index in [1.165, 1.54) is 12.1 Å². The van der Waals surface area contributed by atoms with E-state index < -0.39 is 5.95 Å². The number of carbonyl (C=O) groups is 1. The first-order chi connectivity index (χ1) is 8.26. The molecule has 0 saturated heterocycles. The maximum absolute atomic E-state index is 12.8. The number of aromatic nitrogens is 1. The van der Waals surface area contributed by atoms with Crippen LogP contribution in [0.15, 0.2) is 18.2 Å². The summed E-state index contributed by atoms with van der Waals surface area (Å²) >= 11 is 0. The highest BCUT2D eigenvalue weighted by atomic mass is 19.1. The number of rotatable bonds is 4. The summed E-state index contributed by atoms with van der Waals surface area (Å²) in [6, 6.07) is 4.35. The SMILES string of the molecule is CC(CC(=O)Nc1cccc(F)n1)CC(C)(C)C. The van der Waals surface area contributed by atoms with Crippen LogP contribution >= 0.6 is 0 Å². The maximum Gasteiger partial charge on any atom is 0.225 e. The monoisotopic (exact) mass is 252 g/mol. The van der Waals surface area contributed by atoms with Crippen LogP contribution in [0.3, 0.4) is 0 Å². The Morgan fingerprint density at radius 3 is 2.67 bits per heavy atom. The number of hydrogen-bond acceptors (Lipinski definition) is 2. The largest absolute Gasteiger partial charge is 0.311 e. The minimum Gasteiger partial charge on any atom is -0.311 e. The van der Waals surface area contributed by atoms with Crippen molar-refractivity contribution in [1.82, 2.24) is 4.98 Å². The molecule has 1 aromatic heterocycles. The number of pyridine rings is 1. The first-order valence-electron chi connectivity index (χ1n) is 6.19. The van der Waals surface area contributed by atoms with Crippen LogP contribution in [-0.4, -0.2) is 10.9 Å². The molecule has 100 valence electrons. The third kappa shape index (κ3) is 5.75. The van der Waals surface area contributed by atoms with E-state index >= 15 is 0 Å². The highest BCUT2D eigenvalue weighted by molar-refractivity contribution is 5.89. The van der Waals surface area contributed by atoms with Gasteiger partial charge in [0.1, 0.15) is 5.82 Å². The summed E-state index contributed by atoms with van der Waals surface area (Å²) in [6.07, 6.45) is 1.40. The Morgan fingerprint density at radius 2 is 2.11 bits per heavy atom. The Hall–Kier alpha value is -1.45. The van der Waals surface area contributed by atoms with Crippen LogP contribution in [0.4, 0.5) is 10.2 Å². The molecule has 0 saturated carbocycles. The first kappa shape index (κ1) is 14.6. The molecule has 3 nitrogen and oxygen atoms in total. The number of hydrogen-bond donors (Lipinski definition) is 1. The average Bonchev–Trinajstić information content (AvgIpc) is 2.13. The molecule has 18 heavy (non-hydrogen) atoms.